The number of aryl methyl sites for hydroxylation is 1. The van der Waals surface area contributed by atoms with E-state index < -0.39 is 0 Å². The van der Waals surface area contributed by atoms with Gasteiger partial charge >= 0.3 is 0 Å². The van der Waals surface area contributed by atoms with Crippen molar-refractivity contribution in [2.24, 2.45) is 5.73 Å². The van der Waals surface area contributed by atoms with E-state index in [-0.39, 0.29) is 18.0 Å². The Morgan fingerprint density at radius 2 is 2.41 bits per heavy atom. The van der Waals surface area contributed by atoms with E-state index in [0.29, 0.717) is 13.0 Å². The highest BCUT2D eigenvalue weighted by atomic mass is 16.2. The summed E-state index contributed by atoms with van der Waals surface area (Å²) < 4.78 is 1.68. The van der Waals surface area contributed by atoms with Crippen molar-refractivity contribution >= 4 is 5.91 Å². The largest absolute Gasteiger partial charge is 0.340 e. The zero-order valence-electron chi connectivity index (χ0n) is 10.1. The van der Waals surface area contributed by atoms with Gasteiger partial charge in [0.05, 0.1) is 6.54 Å². The number of piperidine rings is 1. The maximum atomic E-state index is 12.0. The van der Waals surface area contributed by atoms with Crippen molar-refractivity contribution in [2.75, 3.05) is 6.54 Å². The standard InChI is InChI=1S/C11H19N5O/c1-9-6-10(12)2-5-16(9)11(17)3-4-15-8-13-7-14-15/h7-10H,2-6,12H2,1H3. The third kappa shape index (κ3) is 3.03. The van der Waals surface area contributed by atoms with Crippen molar-refractivity contribution < 1.29 is 4.79 Å². The lowest BCUT2D eigenvalue weighted by Crippen LogP contribution is -2.48. The van der Waals surface area contributed by atoms with Gasteiger partial charge in [-0.3, -0.25) is 9.48 Å². The summed E-state index contributed by atoms with van der Waals surface area (Å²) in [5.41, 5.74) is 5.88. The molecule has 17 heavy (non-hydrogen) atoms. The second kappa shape index (κ2) is 5.27. The molecule has 0 aliphatic carbocycles. The Balaban J connectivity index is 1.83. The summed E-state index contributed by atoms with van der Waals surface area (Å²) in [6.07, 6.45) is 5.38. The Morgan fingerprint density at radius 3 is 3.06 bits per heavy atom. The molecule has 0 radical (unpaired) electrons. The Kier molecular flexibility index (Phi) is 3.73. The Morgan fingerprint density at radius 1 is 1.59 bits per heavy atom. The minimum absolute atomic E-state index is 0.180. The highest BCUT2D eigenvalue weighted by Gasteiger charge is 2.26. The second-order valence-corrected chi connectivity index (χ2v) is 4.63. The van der Waals surface area contributed by atoms with Gasteiger partial charge in [0.1, 0.15) is 12.7 Å². The predicted molar refractivity (Wildman–Crippen MR) is 63.0 cm³/mol. The number of hydrogen-bond donors (Lipinski definition) is 1. The maximum Gasteiger partial charge on any atom is 0.224 e. The number of aromatic nitrogens is 3. The maximum absolute atomic E-state index is 12.0. The van der Waals surface area contributed by atoms with Crippen LogP contribution in [-0.4, -0.2) is 44.2 Å². The highest BCUT2D eigenvalue weighted by Crippen LogP contribution is 2.16. The van der Waals surface area contributed by atoms with Gasteiger partial charge in [0.2, 0.25) is 5.91 Å². The Hall–Kier alpha value is -1.43. The molecule has 6 heteroatoms. The molecule has 2 unspecified atom stereocenters. The SMILES string of the molecule is CC1CC(N)CCN1C(=O)CCn1cncn1. The van der Waals surface area contributed by atoms with E-state index in [9.17, 15) is 4.79 Å². The molecule has 1 aliphatic heterocycles. The molecule has 2 N–H and O–H groups in total. The average Bonchev–Trinajstić information content (AvgIpc) is 2.78. The summed E-state index contributed by atoms with van der Waals surface area (Å²) in [6.45, 7) is 3.43. The molecule has 1 amide bonds. The molecule has 1 aromatic rings. The number of likely N-dealkylation sites (tertiary alicyclic amines) is 1. The fraction of sp³-hybridized carbons (Fsp3) is 0.727. The lowest BCUT2D eigenvalue weighted by molar-refractivity contribution is -0.134. The smallest absolute Gasteiger partial charge is 0.224 e. The van der Waals surface area contributed by atoms with E-state index in [1.807, 2.05) is 4.90 Å². The highest BCUT2D eigenvalue weighted by molar-refractivity contribution is 5.76. The summed E-state index contributed by atoms with van der Waals surface area (Å²) in [5, 5.41) is 3.98. The average molecular weight is 237 g/mol. The van der Waals surface area contributed by atoms with Crippen LogP contribution in [-0.2, 0) is 11.3 Å². The third-order valence-electron chi connectivity index (χ3n) is 3.26. The fourth-order valence-corrected chi connectivity index (χ4v) is 2.28. The number of carbonyl (C=O) groups excluding carboxylic acids is 1. The predicted octanol–water partition coefficient (Wildman–Crippen LogP) is 0.00640. The molecule has 1 aliphatic rings. The van der Waals surface area contributed by atoms with Crippen LogP contribution < -0.4 is 5.73 Å². The van der Waals surface area contributed by atoms with Crippen molar-refractivity contribution in [1.29, 1.82) is 0 Å². The summed E-state index contributed by atoms with van der Waals surface area (Å²) in [4.78, 5) is 17.8. The van der Waals surface area contributed by atoms with Crippen LogP contribution in [0.2, 0.25) is 0 Å². The number of amides is 1. The van der Waals surface area contributed by atoms with Crippen LogP contribution in [0, 0.1) is 0 Å². The molecule has 6 nitrogen and oxygen atoms in total. The molecule has 94 valence electrons. The van der Waals surface area contributed by atoms with Crippen molar-refractivity contribution in [3.05, 3.63) is 12.7 Å². The van der Waals surface area contributed by atoms with E-state index in [2.05, 4.69) is 17.0 Å². The fourth-order valence-electron chi connectivity index (χ4n) is 2.28. The van der Waals surface area contributed by atoms with Crippen LogP contribution in [0.15, 0.2) is 12.7 Å². The number of hydrogen-bond acceptors (Lipinski definition) is 4. The topological polar surface area (TPSA) is 77.0 Å². The molecular formula is C11H19N5O. The van der Waals surface area contributed by atoms with Gasteiger partial charge in [0, 0.05) is 25.0 Å². The molecular weight excluding hydrogens is 218 g/mol. The van der Waals surface area contributed by atoms with Gasteiger partial charge in [-0.1, -0.05) is 0 Å². The van der Waals surface area contributed by atoms with E-state index >= 15 is 0 Å². The molecule has 1 saturated heterocycles. The minimum atomic E-state index is 0.180. The molecule has 0 aromatic carbocycles. The van der Waals surface area contributed by atoms with Crippen molar-refractivity contribution in [3.8, 4) is 0 Å². The zero-order valence-corrected chi connectivity index (χ0v) is 10.1. The van der Waals surface area contributed by atoms with Crippen LogP contribution in [0.4, 0.5) is 0 Å². The van der Waals surface area contributed by atoms with Gasteiger partial charge in [-0.25, -0.2) is 4.98 Å². The van der Waals surface area contributed by atoms with Crippen molar-refractivity contribution in [2.45, 2.75) is 44.8 Å². The number of carbonyl (C=O) groups is 1. The molecule has 0 spiro atoms. The summed E-state index contributed by atoms with van der Waals surface area (Å²) in [6, 6.07) is 0.492. The molecule has 2 atom stereocenters. The Labute approximate surface area is 101 Å². The molecule has 1 aromatic heterocycles. The van der Waals surface area contributed by atoms with E-state index in [1.165, 1.54) is 6.33 Å². The molecule has 0 bridgehead atoms. The first-order valence-corrected chi connectivity index (χ1v) is 6.04. The minimum Gasteiger partial charge on any atom is -0.340 e. The Bertz CT molecular complexity index is 364. The zero-order chi connectivity index (χ0) is 12.3. The molecule has 0 saturated carbocycles. The van der Waals surface area contributed by atoms with Crippen molar-refractivity contribution in [3.63, 3.8) is 0 Å². The van der Waals surface area contributed by atoms with Gasteiger partial charge < -0.3 is 10.6 Å². The van der Waals surface area contributed by atoms with Gasteiger partial charge in [0.15, 0.2) is 0 Å². The summed E-state index contributed by atoms with van der Waals surface area (Å²) in [7, 11) is 0. The lowest BCUT2D eigenvalue weighted by atomic mass is 9.99. The molecule has 2 rings (SSSR count). The number of nitrogens with zero attached hydrogens (tertiary/aromatic N) is 4. The van der Waals surface area contributed by atoms with Crippen LogP contribution >= 0.6 is 0 Å². The van der Waals surface area contributed by atoms with Gasteiger partial charge in [-0.15, -0.1) is 0 Å². The molecule has 1 fully saturated rings. The summed E-state index contributed by atoms with van der Waals surface area (Å²) >= 11 is 0. The first-order valence-electron chi connectivity index (χ1n) is 6.04. The normalized spacial score (nSPS) is 24.9. The van der Waals surface area contributed by atoms with Gasteiger partial charge in [-0.05, 0) is 19.8 Å². The summed E-state index contributed by atoms with van der Waals surface area (Å²) in [5.74, 6) is 0.180. The van der Waals surface area contributed by atoms with E-state index in [4.69, 9.17) is 5.73 Å². The van der Waals surface area contributed by atoms with Crippen LogP contribution in [0.5, 0.6) is 0 Å². The molecule has 2 heterocycles. The number of nitrogens with two attached hydrogens (primary N) is 1. The van der Waals surface area contributed by atoms with Crippen LogP contribution in [0.3, 0.4) is 0 Å². The van der Waals surface area contributed by atoms with Crippen LogP contribution in [0.1, 0.15) is 26.2 Å². The quantitative estimate of drug-likeness (QED) is 0.803. The van der Waals surface area contributed by atoms with E-state index in [0.717, 1.165) is 19.4 Å². The first-order chi connectivity index (χ1) is 8.16. The van der Waals surface area contributed by atoms with Gasteiger partial charge in [0.25, 0.3) is 0 Å². The van der Waals surface area contributed by atoms with Crippen molar-refractivity contribution in [1.82, 2.24) is 19.7 Å². The van der Waals surface area contributed by atoms with E-state index in [1.54, 1.807) is 11.0 Å². The second-order valence-electron chi connectivity index (χ2n) is 4.63. The third-order valence-corrected chi connectivity index (χ3v) is 3.26. The number of rotatable bonds is 3. The lowest BCUT2D eigenvalue weighted by Gasteiger charge is -2.36. The van der Waals surface area contributed by atoms with Crippen LogP contribution in [0.25, 0.3) is 0 Å². The van der Waals surface area contributed by atoms with Gasteiger partial charge in [-0.2, -0.15) is 5.10 Å². The first kappa shape index (κ1) is 12.0. The monoisotopic (exact) mass is 237 g/mol.